The molecule has 0 bridgehead atoms. The molecule has 1 aromatic heterocycles. The highest BCUT2D eigenvalue weighted by Crippen LogP contribution is 2.28. The molecule has 0 unspecified atom stereocenters. The van der Waals surface area contributed by atoms with Crippen molar-refractivity contribution in [3.63, 3.8) is 0 Å². The number of carbonyl (C=O) groups is 1. The molecule has 3 rings (SSSR count). The van der Waals surface area contributed by atoms with E-state index < -0.39 is 12.0 Å². The largest absolute Gasteiger partial charge is 0.497 e. The summed E-state index contributed by atoms with van der Waals surface area (Å²) in [5, 5.41) is 13.0. The summed E-state index contributed by atoms with van der Waals surface area (Å²) in [6.07, 6.45) is 0. The van der Waals surface area contributed by atoms with Gasteiger partial charge in [-0.2, -0.15) is 0 Å². The first-order valence-corrected chi connectivity index (χ1v) is 9.60. The zero-order chi connectivity index (χ0) is 18.7. The van der Waals surface area contributed by atoms with Crippen molar-refractivity contribution in [2.75, 3.05) is 33.3 Å². The minimum absolute atomic E-state index is 0.621. The summed E-state index contributed by atoms with van der Waals surface area (Å²) in [7, 11) is 1.62. The van der Waals surface area contributed by atoms with E-state index in [4.69, 9.17) is 4.74 Å². The van der Waals surface area contributed by atoms with Gasteiger partial charge in [0.1, 0.15) is 11.8 Å². The van der Waals surface area contributed by atoms with Gasteiger partial charge >= 0.3 is 5.97 Å². The number of carboxylic acids is 1. The molecule has 1 fully saturated rings. The second-order valence-electron chi connectivity index (χ2n) is 6.63. The van der Waals surface area contributed by atoms with Crippen molar-refractivity contribution in [3.05, 3.63) is 45.4 Å². The summed E-state index contributed by atoms with van der Waals surface area (Å²) in [5.74, 6) is -0.0550. The highest BCUT2D eigenvalue weighted by molar-refractivity contribution is 7.09. The van der Waals surface area contributed by atoms with Gasteiger partial charge in [0.05, 0.1) is 17.8 Å². The lowest BCUT2D eigenvalue weighted by molar-refractivity contribution is -0.144. The quantitative estimate of drug-likeness (QED) is 0.837. The van der Waals surface area contributed by atoms with E-state index in [1.54, 1.807) is 18.4 Å². The summed E-state index contributed by atoms with van der Waals surface area (Å²) < 4.78 is 5.24. The summed E-state index contributed by atoms with van der Waals surface area (Å²) in [5.41, 5.74) is 2.88. The van der Waals surface area contributed by atoms with E-state index in [0.717, 1.165) is 60.3 Å². The third-order valence-corrected chi connectivity index (χ3v) is 5.65. The Labute approximate surface area is 158 Å². The van der Waals surface area contributed by atoms with E-state index in [-0.39, 0.29) is 0 Å². The average Bonchev–Trinajstić information content (AvgIpc) is 3.02. The first kappa shape index (κ1) is 18.8. The molecular weight excluding hydrogens is 350 g/mol. The van der Waals surface area contributed by atoms with Gasteiger partial charge in [-0.05, 0) is 37.1 Å². The van der Waals surface area contributed by atoms with Gasteiger partial charge in [0.2, 0.25) is 0 Å². The Morgan fingerprint density at radius 3 is 2.58 bits per heavy atom. The van der Waals surface area contributed by atoms with Gasteiger partial charge in [-0.1, -0.05) is 6.07 Å². The highest BCUT2D eigenvalue weighted by Gasteiger charge is 2.31. The fourth-order valence-corrected chi connectivity index (χ4v) is 4.06. The van der Waals surface area contributed by atoms with Crippen LogP contribution in [0.2, 0.25) is 0 Å². The SMILES string of the molecule is COc1ccc([C@H](C(=O)O)N2CCN(Cc3csc(C)n3)CC2)c(C)c1. The van der Waals surface area contributed by atoms with Crippen LogP contribution in [0.3, 0.4) is 0 Å². The number of aromatic nitrogens is 1. The van der Waals surface area contributed by atoms with Crippen LogP contribution in [0.15, 0.2) is 23.6 Å². The monoisotopic (exact) mass is 375 g/mol. The van der Waals surface area contributed by atoms with Crippen molar-refractivity contribution in [3.8, 4) is 5.75 Å². The Morgan fingerprint density at radius 2 is 2.04 bits per heavy atom. The van der Waals surface area contributed by atoms with E-state index >= 15 is 0 Å². The van der Waals surface area contributed by atoms with E-state index in [1.165, 1.54) is 0 Å². The first-order valence-electron chi connectivity index (χ1n) is 8.72. The van der Waals surface area contributed by atoms with Crippen molar-refractivity contribution >= 4 is 17.3 Å². The molecule has 1 N–H and O–H groups in total. The molecule has 6 nitrogen and oxygen atoms in total. The van der Waals surface area contributed by atoms with Crippen LogP contribution in [0.25, 0.3) is 0 Å². The first-order chi connectivity index (χ1) is 12.5. The third kappa shape index (κ3) is 4.23. The number of piperazine rings is 1. The van der Waals surface area contributed by atoms with Crippen LogP contribution in [0, 0.1) is 13.8 Å². The number of hydrogen-bond donors (Lipinski definition) is 1. The number of rotatable bonds is 6. The topological polar surface area (TPSA) is 65.9 Å². The van der Waals surface area contributed by atoms with Crippen LogP contribution in [0.1, 0.15) is 27.9 Å². The fraction of sp³-hybridized carbons (Fsp3) is 0.474. The molecule has 1 aliphatic heterocycles. The minimum Gasteiger partial charge on any atom is -0.497 e. The Balaban J connectivity index is 1.68. The zero-order valence-corrected chi connectivity index (χ0v) is 16.3. The maximum atomic E-state index is 12.0. The number of aryl methyl sites for hydroxylation is 2. The van der Waals surface area contributed by atoms with Gasteiger partial charge in [-0.15, -0.1) is 11.3 Å². The molecule has 0 spiro atoms. The zero-order valence-electron chi connectivity index (χ0n) is 15.4. The molecule has 2 aromatic rings. The van der Waals surface area contributed by atoms with Crippen molar-refractivity contribution in [1.82, 2.24) is 14.8 Å². The molecule has 0 amide bonds. The van der Waals surface area contributed by atoms with Crippen LogP contribution >= 0.6 is 11.3 Å². The summed E-state index contributed by atoms with van der Waals surface area (Å²) >= 11 is 1.67. The number of nitrogens with zero attached hydrogens (tertiary/aromatic N) is 3. The average molecular weight is 375 g/mol. The van der Waals surface area contributed by atoms with E-state index in [1.807, 2.05) is 32.0 Å². The van der Waals surface area contributed by atoms with Gasteiger partial charge in [0.25, 0.3) is 0 Å². The normalized spacial score (nSPS) is 17.2. The molecule has 1 atom stereocenters. The molecule has 7 heteroatoms. The lowest BCUT2D eigenvalue weighted by atomic mass is 9.99. The van der Waals surface area contributed by atoms with Crippen LogP contribution in [-0.2, 0) is 11.3 Å². The number of carboxylic acid groups (broad SMARTS) is 1. The predicted molar refractivity (Wildman–Crippen MR) is 102 cm³/mol. The van der Waals surface area contributed by atoms with Gasteiger partial charge in [-0.3, -0.25) is 14.6 Å². The highest BCUT2D eigenvalue weighted by atomic mass is 32.1. The summed E-state index contributed by atoms with van der Waals surface area (Å²) in [6, 6.07) is 4.98. The number of aliphatic carboxylic acids is 1. The number of thiazole rings is 1. The molecular formula is C19H25N3O3S. The molecule has 1 saturated heterocycles. The van der Waals surface area contributed by atoms with Gasteiger partial charge in [0, 0.05) is 38.1 Å². The lowest BCUT2D eigenvalue weighted by Crippen LogP contribution is -2.49. The van der Waals surface area contributed by atoms with Crippen LogP contribution in [0.4, 0.5) is 0 Å². The smallest absolute Gasteiger partial charge is 0.325 e. The van der Waals surface area contributed by atoms with Crippen LogP contribution in [0.5, 0.6) is 5.75 Å². The summed E-state index contributed by atoms with van der Waals surface area (Å²) in [4.78, 5) is 20.9. The van der Waals surface area contributed by atoms with Crippen molar-refractivity contribution < 1.29 is 14.6 Å². The van der Waals surface area contributed by atoms with Crippen LogP contribution < -0.4 is 4.74 Å². The summed E-state index contributed by atoms with van der Waals surface area (Å²) in [6.45, 7) is 7.93. The van der Waals surface area contributed by atoms with Crippen LogP contribution in [-0.4, -0.2) is 59.1 Å². The number of benzene rings is 1. The Morgan fingerprint density at radius 1 is 1.31 bits per heavy atom. The van der Waals surface area contributed by atoms with Gasteiger partial charge in [-0.25, -0.2) is 4.98 Å². The van der Waals surface area contributed by atoms with E-state index in [9.17, 15) is 9.90 Å². The molecule has 0 radical (unpaired) electrons. The van der Waals surface area contributed by atoms with Gasteiger partial charge < -0.3 is 9.84 Å². The van der Waals surface area contributed by atoms with E-state index in [2.05, 4.69) is 20.2 Å². The molecule has 0 aliphatic carbocycles. The number of hydrogen-bond acceptors (Lipinski definition) is 6. The Kier molecular flexibility index (Phi) is 5.90. The second-order valence-corrected chi connectivity index (χ2v) is 7.70. The Bertz CT molecular complexity index is 769. The van der Waals surface area contributed by atoms with Crippen molar-refractivity contribution in [2.24, 2.45) is 0 Å². The maximum absolute atomic E-state index is 12.0. The third-order valence-electron chi connectivity index (χ3n) is 4.83. The molecule has 26 heavy (non-hydrogen) atoms. The standard InChI is InChI=1S/C19H25N3O3S/c1-13-10-16(25-3)4-5-17(13)18(19(23)24)22-8-6-21(7-9-22)11-15-12-26-14(2)20-15/h4-5,10,12,18H,6-9,11H2,1-3H3,(H,23,24)/t18-/m1/s1. The lowest BCUT2D eigenvalue weighted by Gasteiger charge is -2.38. The molecule has 140 valence electrons. The fourth-order valence-electron chi connectivity index (χ4n) is 3.46. The second kappa shape index (κ2) is 8.16. The maximum Gasteiger partial charge on any atom is 0.325 e. The Hall–Kier alpha value is -1.96. The minimum atomic E-state index is -0.804. The number of ether oxygens (including phenoxy) is 1. The molecule has 2 heterocycles. The predicted octanol–water partition coefficient (Wildman–Crippen LogP) is 2.71. The molecule has 0 saturated carbocycles. The van der Waals surface area contributed by atoms with Gasteiger partial charge in [0.15, 0.2) is 0 Å². The molecule has 1 aliphatic rings. The van der Waals surface area contributed by atoms with Crippen molar-refractivity contribution in [2.45, 2.75) is 26.4 Å². The number of methoxy groups -OCH3 is 1. The molecule has 1 aromatic carbocycles. The van der Waals surface area contributed by atoms with Crippen molar-refractivity contribution in [1.29, 1.82) is 0 Å². The van der Waals surface area contributed by atoms with E-state index in [0.29, 0.717) is 0 Å².